The minimum Gasteiger partial charge on any atom is -0.376 e. The third kappa shape index (κ3) is 3.32. The summed E-state index contributed by atoms with van der Waals surface area (Å²) in [6.07, 6.45) is 8.66. The monoisotopic (exact) mass is 251 g/mol. The quantitative estimate of drug-likeness (QED) is 0.781. The lowest BCUT2D eigenvalue weighted by Crippen LogP contribution is -2.25. The molecule has 0 aromatic carbocycles. The number of hydrogen-bond donors (Lipinski definition) is 1. The third-order valence-electron chi connectivity index (χ3n) is 3.30. The molecule has 0 radical (unpaired) electrons. The molecule has 1 aromatic heterocycles. The Kier molecular flexibility index (Phi) is 4.75. The number of nitrogens with zero attached hydrogens (tertiary/aromatic N) is 2. The van der Waals surface area contributed by atoms with Gasteiger partial charge in [0, 0.05) is 25.5 Å². The van der Waals surface area contributed by atoms with Crippen molar-refractivity contribution in [2.24, 2.45) is 0 Å². The second-order valence-corrected chi connectivity index (χ2v) is 4.57. The Hall–Kier alpha value is -1.36. The largest absolute Gasteiger partial charge is 0.376 e. The van der Waals surface area contributed by atoms with Crippen LogP contribution in [0.25, 0.3) is 0 Å². The topological polar surface area (TPSA) is 56.1 Å². The molecule has 0 bridgehead atoms. The van der Waals surface area contributed by atoms with E-state index in [0.717, 1.165) is 0 Å². The van der Waals surface area contributed by atoms with E-state index in [1.165, 1.54) is 25.7 Å². The molecule has 0 amide bonds. The summed E-state index contributed by atoms with van der Waals surface area (Å²) >= 11 is 0. The van der Waals surface area contributed by atoms with Gasteiger partial charge in [0.25, 0.3) is 5.56 Å². The van der Waals surface area contributed by atoms with Gasteiger partial charge in [0.1, 0.15) is 0 Å². The van der Waals surface area contributed by atoms with Crippen LogP contribution in [0.5, 0.6) is 0 Å². The van der Waals surface area contributed by atoms with Crippen LogP contribution >= 0.6 is 0 Å². The predicted molar refractivity (Wildman–Crippen MR) is 70.9 cm³/mol. The molecule has 100 valence electrons. The number of anilines is 1. The van der Waals surface area contributed by atoms with Crippen LogP contribution in [0, 0.1) is 0 Å². The summed E-state index contributed by atoms with van der Waals surface area (Å²) in [6.45, 7) is 3.86. The number of hydrogen-bond acceptors (Lipinski definition) is 4. The summed E-state index contributed by atoms with van der Waals surface area (Å²) in [6, 6.07) is 0. The summed E-state index contributed by atoms with van der Waals surface area (Å²) in [7, 11) is 0. The van der Waals surface area contributed by atoms with Crippen molar-refractivity contribution in [3.8, 4) is 0 Å². The van der Waals surface area contributed by atoms with Gasteiger partial charge in [0.05, 0.1) is 12.7 Å². The van der Waals surface area contributed by atoms with E-state index >= 15 is 0 Å². The summed E-state index contributed by atoms with van der Waals surface area (Å²) in [5, 5.41) is 3.04. The zero-order valence-electron chi connectivity index (χ0n) is 10.9. The van der Waals surface area contributed by atoms with Gasteiger partial charge in [0.2, 0.25) is 0 Å². The molecular weight excluding hydrogens is 230 g/mol. The van der Waals surface area contributed by atoms with E-state index in [2.05, 4.69) is 10.3 Å². The van der Waals surface area contributed by atoms with E-state index in [-0.39, 0.29) is 5.56 Å². The van der Waals surface area contributed by atoms with Crippen molar-refractivity contribution in [2.45, 2.75) is 45.3 Å². The van der Waals surface area contributed by atoms with E-state index in [1.54, 1.807) is 17.0 Å². The summed E-state index contributed by atoms with van der Waals surface area (Å²) in [5.41, 5.74) is -0.0686. The molecule has 5 heteroatoms. The molecule has 0 spiro atoms. The smallest absolute Gasteiger partial charge is 0.293 e. The minimum absolute atomic E-state index is 0.0686. The maximum Gasteiger partial charge on any atom is 0.293 e. The van der Waals surface area contributed by atoms with Crippen LogP contribution in [0.3, 0.4) is 0 Å². The number of aryl methyl sites for hydroxylation is 1. The predicted octanol–water partition coefficient (Wildman–Crippen LogP) is 1.63. The van der Waals surface area contributed by atoms with Gasteiger partial charge in [-0.3, -0.25) is 4.79 Å². The van der Waals surface area contributed by atoms with Crippen molar-refractivity contribution in [2.75, 3.05) is 18.5 Å². The van der Waals surface area contributed by atoms with Crippen molar-refractivity contribution in [3.63, 3.8) is 0 Å². The first-order valence-corrected chi connectivity index (χ1v) is 6.72. The first-order chi connectivity index (χ1) is 8.81. The Morgan fingerprint density at radius 2 is 2.28 bits per heavy atom. The fourth-order valence-electron chi connectivity index (χ4n) is 2.27. The summed E-state index contributed by atoms with van der Waals surface area (Å²) < 4.78 is 7.35. The molecule has 2 rings (SSSR count). The molecule has 0 aliphatic heterocycles. The fraction of sp³-hybridized carbons (Fsp3) is 0.692. The highest BCUT2D eigenvalue weighted by atomic mass is 16.5. The molecule has 1 aliphatic carbocycles. The molecule has 1 saturated carbocycles. The number of rotatable bonds is 6. The van der Waals surface area contributed by atoms with E-state index < -0.39 is 0 Å². The molecular formula is C13H21N3O2. The lowest BCUT2D eigenvalue weighted by Gasteiger charge is -2.11. The van der Waals surface area contributed by atoms with Crippen LogP contribution < -0.4 is 10.9 Å². The van der Waals surface area contributed by atoms with Crippen molar-refractivity contribution in [1.29, 1.82) is 0 Å². The minimum atomic E-state index is -0.0686. The third-order valence-corrected chi connectivity index (χ3v) is 3.30. The maximum atomic E-state index is 11.8. The zero-order chi connectivity index (χ0) is 12.8. The number of nitrogens with one attached hydrogen (secondary N) is 1. The average Bonchev–Trinajstić information content (AvgIpc) is 2.89. The van der Waals surface area contributed by atoms with E-state index in [9.17, 15) is 4.79 Å². The summed E-state index contributed by atoms with van der Waals surface area (Å²) in [5.74, 6) is 0.411. The molecule has 1 aliphatic rings. The standard InChI is InChI=1S/C13H21N3O2/c1-2-16-9-7-14-12(13(16)17)15-8-10-18-11-5-3-4-6-11/h7,9,11H,2-6,8,10H2,1H3,(H,14,15). The fourth-order valence-corrected chi connectivity index (χ4v) is 2.27. The first-order valence-electron chi connectivity index (χ1n) is 6.72. The number of aromatic nitrogens is 2. The van der Waals surface area contributed by atoms with E-state index in [1.807, 2.05) is 6.92 Å². The Balaban J connectivity index is 1.77. The zero-order valence-corrected chi connectivity index (χ0v) is 10.9. The molecule has 1 heterocycles. The van der Waals surface area contributed by atoms with Gasteiger partial charge in [0.15, 0.2) is 5.82 Å². The normalized spacial score (nSPS) is 16.1. The van der Waals surface area contributed by atoms with Crippen molar-refractivity contribution < 1.29 is 4.74 Å². The highest BCUT2D eigenvalue weighted by molar-refractivity contribution is 5.30. The molecule has 0 saturated heterocycles. The molecule has 0 unspecified atom stereocenters. The molecule has 0 atom stereocenters. The average molecular weight is 251 g/mol. The Labute approximate surface area is 107 Å². The van der Waals surface area contributed by atoms with Crippen LogP contribution in [0.4, 0.5) is 5.82 Å². The highest BCUT2D eigenvalue weighted by Gasteiger charge is 2.14. The molecule has 5 nitrogen and oxygen atoms in total. The van der Waals surface area contributed by atoms with Gasteiger partial charge >= 0.3 is 0 Å². The molecule has 1 aromatic rings. The van der Waals surface area contributed by atoms with Crippen molar-refractivity contribution in [1.82, 2.24) is 9.55 Å². The van der Waals surface area contributed by atoms with Crippen molar-refractivity contribution >= 4 is 5.82 Å². The van der Waals surface area contributed by atoms with Crippen LogP contribution in [-0.4, -0.2) is 28.8 Å². The summed E-state index contributed by atoms with van der Waals surface area (Å²) in [4.78, 5) is 15.9. The number of ether oxygens (including phenoxy) is 1. The molecule has 1 N–H and O–H groups in total. The SMILES string of the molecule is CCn1ccnc(NCCOC2CCCC2)c1=O. The van der Waals surface area contributed by atoms with Crippen LogP contribution in [0.1, 0.15) is 32.6 Å². The molecule has 1 fully saturated rings. The van der Waals surface area contributed by atoms with Gasteiger partial charge in [-0.25, -0.2) is 4.98 Å². The van der Waals surface area contributed by atoms with Gasteiger partial charge in [-0.15, -0.1) is 0 Å². The van der Waals surface area contributed by atoms with Crippen LogP contribution in [0.2, 0.25) is 0 Å². The van der Waals surface area contributed by atoms with E-state index in [0.29, 0.717) is 31.6 Å². The Bertz CT molecular complexity index is 424. The van der Waals surface area contributed by atoms with Gasteiger partial charge in [-0.05, 0) is 19.8 Å². The van der Waals surface area contributed by atoms with Gasteiger partial charge < -0.3 is 14.6 Å². The Morgan fingerprint density at radius 3 is 3.00 bits per heavy atom. The van der Waals surface area contributed by atoms with Gasteiger partial charge in [-0.1, -0.05) is 12.8 Å². The lowest BCUT2D eigenvalue weighted by atomic mass is 10.3. The highest BCUT2D eigenvalue weighted by Crippen LogP contribution is 2.20. The van der Waals surface area contributed by atoms with Crippen LogP contribution in [0.15, 0.2) is 17.2 Å². The first kappa shape index (κ1) is 13.1. The van der Waals surface area contributed by atoms with Crippen LogP contribution in [-0.2, 0) is 11.3 Å². The second kappa shape index (κ2) is 6.54. The van der Waals surface area contributed by atoms with Gasteiger partial charge in [-0.2, -0.15) is 0 Å². The second-order valence-electron chi connectivity index (χ2n) is 4.57. The lowest BCUT2D eigenvalue weighted by molar-refractivity contribution is 0.0658. The maximum absolute atomic E-state index is 11.8. The Morgan fingerprint density at radius 1 is 1.50 bits per heavy atom. The molecule has 18 heavy (non-hydrogen) atoms. The van der Waals surface area contributed by atoms with E-state index in [4.69, 9.17) is 4.74 Å². The van der Waals surface area contributed by atoms with Crippen molar-refractivity contribution in [3.05, 3.63) is 22.7 Å².